The molecule has 4 nitrogen and oxygen atoms in total. The van der Waals surface area contributed by atoms with Gasteiger partial charge in [0.05, 0.1) is 5.56 Å². The first-order chi connectivity index (χ1) is 7.58. The van der Waals surface area contributed by atoms with Crippen LogP contribution in [0.25, 0.3) is 0 Å². The highest BCUT2D eigenvalue weighted by Crippen LogP contribution is 2.20. The number of rotatable bonds is 5. The van der Waals surface area contributed by atoms with Crippen molar-refractivity contribution in [2.24, 2.45) is 0 Å². The van der Waals surface area contributed by atoms with Gasteiger partial charge in [0.2, 0.25) is 0 Å². The Morgan fingerprint density at radius 2 is 2.25 bits per heavy atom. The van der Waals surface area contributed by atoms with Gasteiger partial charge in [0, 0.05) is 0 Å². The average molecular weight is 222 g/mol. The van der Waals surface area contributed by atoms with Gasteiger partial charge in [-0.05, 0) is 31.0 Å². The Kier molecular flexibility index (Phi) is 4.05. The summed E-state index contributed by atoms with van der Waals surface area (Å²) in [5.41, 5.74) is 1.39. The first-order valence-electron chi connectivity index (χ1n) is 5.06. The van der Waals surface area contributed by atoms with E-state index in [1.165, 1.54) is 6.92 Å². The van der Waals surface area contributed by atoms with E-state index in [2.05, 4.69) is 0 Å². The number of carboxylic acid groups (broad SMARTS) is 1. The third-order valence-electron chi connectivity index (χ3n) is 2.26. The molecule has 1 rings (SSSR count). The minimum atomic E-state index is -1.06. The summed E-state index contributed by atoms with van der Waals surface area (Å²) in [5.74, 6) is -0.751. The normalized spacial score (nSPS) is 11.9. The molecule has 0 aliphatic heterocycles. The summed E-state index contributed by atoms with van der Waals surface area (Å²) in [6.07, 6.45) is 0.518. The van der Waals surface area contributed by atoms with Gasteiger partial charge in [-0.3, -0.25) is 4.79 Å². The summed E-state index contributed by atoms with van der Waals surface area (Å²) in [6, 6.07) is 5.15. The van der Waals surface area contributed by atoms with Gasteiger partial charge in [0.25, 0.3) is 0 Å². The van der Waals surface area contributed by atoms with Gasteiger partial charge in [0.15, 0.2) is 12.4 Å². The Labute approximate surface area is 93.9 Å². The molecular weight excluding hydrogens is 208 g/mol. The number of hydrogen-bond acceptors (Lipinski definition) is 3. The van der Waals surface area contributed by atoms with E-state index in [0.717, 1.165) is 12.0 Å². The monoisotopic (exact) mass is 222 g/mol. The van der Waals surface area contributed by atoms with Crippen LogP contribution >= 0.6 is 0 Å². The second kappa shape index (κ2) is 5.30. The standard InChI is InChI=1S/C12H14O4/c1-3-9-4-5-11(10(6-9)7-13)16-8(2)12(14)15/h4-8H,3H2,1-2H3,(H,14,15). The first-order valence-corrected chi connectivity index (χ1v) is 5.06. The molecule has 16 heavy (non-hydrogen) atoms. The maximum Gasteiger partial charge on any atom is 0.344 e. The molecule has 0 spiro atoms. The van der Waals surface area contributed by atoms with Crippen molar-refractivity contribution in [3.05, 3.63) is 29.3 Å². The number of benzene rings is 1. The number of carboxylic acids is 1. The Morgan fingerprint density at radius 1 is 1.56 bits per heavy atom. The van der Waals surface area contributed by atoms with Crippen LogP contribution in [0.2, 0.25) is 0 Å². The van der Waals surface area contributed by atoms with Crippen molar-refractivity contribution in [2.75, 3.05) is 0 Å². The largest absolute Gasteiger partial charge is 0.479 e. The number of hydrogen-bond donors (Lipinski definition) is 1. The maximum absolute atomic E-state index is 10.8. The third-order valence-corrected chi connectivity index (χ3v) is 2.26. The zero-order chi connectivity index (χ0) is 12.1. The lowest BCUT2D eigenvalue weighted by Crippen LogP contribution is -2.23. The van der Waals surface area contributed by atoms with E-state index in [-0.39, 0.29) is 0 Å². The van der Waals surface area contributed by atoms with Crippen molar-refractivity contribution in [3.8, 4) is 5.75 Å². The van der Waals surface area contributed by atoms with Crippen LogP contribution in [0.1, 0.15) is 29.8 Å². The summed E-state index contributed by atoms with van der Waals surface area (Å²) in [7, 11) is 0. The highest BCUT2D eigenvalue weighted by molar-refractivity contribution is 5.80. The smallest absolute Gasteiger partial charge is 0.344 e. The van der Waals surface area contributed by atoms with E-state index >= 15 is 0 Å². The molecule has 0 radical (unpaired) electrons. The fourth-order valence-corrected chi connectivity index (χ4v) is 1.26. The molecular formula is C12H14O4. The number of carbonyl (C=O) groups is 2. The predicted octanol–water partition coefficient (Wildman–Crippen LogP) is 1.91. The van der Waals surface area contributed by atoms with Crippen molar-refractivity contribution in [3.63, 3.8) is 0 Å². The second-order valence-corrected chi connectivity index (χ2v) is 3.44. The van der Waals surface area contributed by atoms with E-state index in [1.54, 1.807) is 12.1 Å². The Morgan fingerprint density at radius 3 is 2.75 bits per heavy atom. The zero-order valence-electron chi connectivity index (χ0n) is 9.27. The third kappa shape index (κ3) is 2.82. The van der Waals surface area contributed by atoms with Gasteiger partial charge in [0.1, 0.15) is 5.75 Å². The zero-order valence-corrected chi connectivity index (χ0v) is 9.27. The quantitative estimate of drug-likeness (QED) is 0.773. The van der Waals surface area contributed by atoms with Crippen LogP contribution in [-0.2, 0) is 11.2 Å². The molecule has 0 amide bonds. The molecule has 0 heterocycles. The predicted molar refractivity (Wildman–Crippen MR) is 58.9 cm³/mol. The minimum Gasteiger partial charge on any atom is -0.479 e. The van der Waals surface area contributed by atoms with Crippen LogP contribution in [0.15, 0.2) is 18.2 Å². The lowest BCUT2D eigenvalue weighted by molar-refractivity contribution is -0.144. The summed E-state index contributed by atoms with van der Waals surface area (Å²) >= 11 is 0. The van der Waals surface area contributed by atoms with E-state index in [4.69, 9.17) is 9.84 Å². The van der Waals surface area contributed by atoms with Crippen molar-refractivity contribution in [1.29, 1.82) is 0 Å². The summed E-state index contributed by atoms with van der Waals surface area (Å²) in [5, 5.41) is 8.69. The number of aryl methyl sites for hydroxylation is 1. The van der Waals surface area contributed by atoms with E-state index in [1.807, 2.05) is 13.0 Å². The Balaban J connectivity index is 2.95. The first kappa shape index (κ1) is 12.2. The molecule has 0 saturated carbocycles. The summed E-state index contributed by atoms with van der Waals surface area (Å²) in [4.78, 5) is 21.4. The van der Waals surface area contributed by atoms with Crippen LogP contribution < -0.4 is 4.74 Å². The van der Waals surface area contributed by atoms with Crippen LogP contribution in [0.3, 0.4) is 0 Å². The fraction of sp³-hybridized carbons (Fsp3) is 0.333. The molecule has 0 fully saturated rings. The molecule has 0 bridgehead atoms. The number of aliphatic carboxylic acids is 1. The molecule has 4 heteroatoms. The molecule has 0 aliphatic rings. The van der Waals surface area contributed by atoms with Crippen molar-refractivity contribution in [1.82, 2.24) is 0 Å². The fourth-order valence-electron chi connectivity index (χ4n) is 1.26. The minimum absolute atomic E-state index is 0.308. The van der Waals surface area contributed by atoms with Crippen LogP contribution in [-0.4, -0.2) is 23.5 Å². The van der Waals surface area contributed by atoms with E-state index in [0.29, 0.717) is 17.6 Å². The average Bonchev–Trinajstić information content (AvgIpc) is 2.29. The molecule has 1 N–H and O–H groups in total. The van der Waals surface area contributed by atoms with Gasteiger partial charge >= 0.3 is 5.97 Å². The second-order valence-electron chi connectivity index (χ2n) is 3.44. The maximum atomic E-state index is 10.8. The van der Waals surface area contributed by atoms with Gasteiger partial charge in [-0.1, -0.05) is 13.0 Å². The van der Waals surface area contributed by atoms with Gasteiger partial charge < -0.3 is 9.84 Å². The van der Waals surface area contributed by atoms with Crippen LogP contribution in [0.5, 0.6) is 5.75 Å². The molecule has 0 aliphatic carbocycles. The molecule has 1 unspecified atom stereocenters. The molecule has 1 aromatic rings. The summed E-state index contributed by atoms with van der Waals surface area (Å²) in [6.45, 7) is 3.40. The van der Waals surface area contributed by atoms with Crippen molar-refractivity contribution in [2.45, 2.75) is 26.4 Å². The molecule has 86 valence electrons. The highest BCUT2D eigenvalue weighted by Gasteiger charge is 2.14. The number of aldehydes is 1. The van der Waals surface area contributed by atoms with Crippen molar-refractivity contribution < 1.29 is 19.4 Å². The van der Waals surface area contributed by atoms with E-state index in [9.17, 15) is 9.59 Å². The SMILES string of the molecule is CCc1ccc(OC(C)C(=O)O)c(C=O)c1. The topological polar surface area (TPSA) is 63.6 Å². The van der Waals surface area contributed by atoms with Gasteiger partial charge in [-0.25, -0.2) is 4.79 Å². The lowest BCUT2D eigenvalue weighted by atomic mass is 10.1. The molecule has 0 saturated heterocycles. The number of carbonyl (C=O) groups excluding carboxylic acids is 1. The van der Waals surface area contributed by atoms with Crippen molar-refractivity contribution >= 4 is 12.3 Å². The Hall–Kier alpha value is -1.84. The number of ether oxygens (including phenoxy) is 1. The lowest BCUT2D eigenvalue weighted by Gasteiger charge is -2.12. The molecule has 1 aromatic carbocycles. The van der Waals surface area contributed by atoms with E-state index < -0.39 is 12.1 Å². The van der Waals surface area contributed by atoms with Gasteiger partial charge in [-0.2, -0.15) is 0 Å². The highest BCUT2D eigenvalue weighted by atomic mass is 16.5. The molecule has 1 atom stereocenters. The summed E-state index contributed by atoms with van der Waals surface area (Å²) < 4.78 is 5.17. The van der Waals surface area contributed by atoms with Crippen LogP contribution in [0, 0.1) is 0 Å². The Bertz CT molecular complexity index is 398. The molecule has 0 aromatic heterocycles. The van der Waals surface area contributed by atoms with Crippen LogP contribution in [0.4, 0.5) is 0 Å². The van der Waals surface area contributed by atoms with Gasteiger partial charge in [-0.15, -0.1) is 0 Å².